The molecule has 0 saturated carbocycles. The predicted molar refractivity (Wildman–Crippen MR) is 138 cm³/mol. The SMILES string of the molecule is CC1CCN(C#N)C1.CCC(C)Cc1ccc(-c2cc(C#N)ccc2OC)nc1C(C)=O.COC. The molecule has 0 amide bonds. The molecule has 0 N–H and O–H groups in total. The molecule has 1 aliphatic heterocycles. The highest BCUT2D eigenvalue weighted by molar-refractivity contribution is 5.94. The van der Waals surface area contributed by atoms with Crippen LogP contribution in [0.3, 0.4) is 0 Å². The van der Waals surface area contributed by atoms with Crippen LogP contribution in [0.5, 0.6) is 5.75 Å². The summed E-state index contributed by atoms with van der Waals surface area (Å²) in [6.45, 7) is 9.95. The highest BCUT2D eigenvalue weighted by Crippen LogP contribution is 2.31. The van der Waals surface area contributed by atoms with E-state index in [4.69, 9.17) is 15.3 Å². The van der Waals surface area contributed by atoms with Gasteiger partial charge in [0.15, 0.2) is 12.0 Å². The van der Waals surface area contributed by atoms with Crippen molar-refractivity contribution in [3.63, 3.8) is 0 Å². The molecule has 7 heteroatoms. The van der Waals surface area contributed by atoms with E-state index in [9.17, 15) is 4.79 Å². The zero-order chi connectivity index (χ0) is 26.4. The van der Waals surface area contributed by atoms with E-state index in [1.807, 2.05) is 17.0 Å². The van der Waals surface area contributed by atoms with Gasteiger partial charge in [-0.2, -0.15) is 10.5 Å². The third kappa shape index (κ3) is 9.39. The number of aromatic nitrogens is 1. The third-order valence-corrected chi connectivity index (χ3v) is 5.75. The number of hydrogen-bond acceptors (Lipinski definition) is 7. The maximum atomic E-state index is 12.1. The fraction of sp³-hybridized carbons (Fsp3) is 0.500. The molecule has 0 spiro atoms. The van der Waals surface area contributed by atoms with Gasteiger partial charge in [-0.1, -0.05) is 33.3 Å². The van der Waals surface area contributed by atoms with Crippen molar-refractivity contribution in [2.45, 2.75) is 47.0 Å². The molecule has 2 heterocycles. The first kappa shape index (κ1) is 29.6. The molecule has 1 saturated heterocycles. The number of nitrogens with zero attached hydrogens (tertiary/aromatic N) is 4. The molecule has 2 unspecified atom stereocenters. The van der Waals surface area contributed by atoms with Crippen LogP contribution in [-0.2, 0) is 11.2 Å². The summed E-state index contributed by atoms with van der Waals surface area (Å²) in [5.74, 6) is 1.80. The van der Waals surface area contributed by atoms with Gasteiger partial charge < -0.3 is 14.4 Å². The molecule has 1 aromatic carbocycles. The number of nitriles is 2. The molecule has 0 aliphatic carbocycles. The first-order valence-corrected chi connectivity index (χ1v) is 11.9. The number of carbonyl (C=O) groups is 1. The molecule has 2 atom stereocenters. The number of Topliss-reactive ketones (excluding diaryl/α,β-unsaturated/α-hetero) is 1. The Labute approximate surface area is 210 Å². The van der Waals surface area contributed by atoms with E-state index in [1.54, 1.807) is 39.5 Å². The molecule has 35 heavy (non-hydrogen) atoms. The monoisotopic (exact) mass is 478 g/mol. The van der Waals surface area contributed by atoms with Crippen molar-refractivity contribution in [3.8, 4) is 29.3 Å². The van der Waals surface area contributed by atoms with Crippen molar-refractivity contribution in [3.05, 3.63) is 47.2 Å². The second-order valence-electron chi connectivity index (χ2n) is 8.85. The van der Waals surface area contributed by atoms with Gasteiger partial charge in [0.2, 0.25) is 0 Å². The average molecular weight is 479 g/mol. The van der Waals surface area contributed by atoms with Crippen LogP contribution in [0.25, 0.3) is 11.3 Å². The van der Waals surface area contributed by atoms with E-state index in [-0.39, 0.29) is 5.78 Å². The number of pyridine rings is 1. The van der Waals surface area contributed by atoms with Crippen LogP contribution in [-0.4, -0.2) is 50.1 Å². The largest absolute Gasteiger partial charge is 0.496 e. The Hall–Kier alpha value is -3.42. The highest BCUT2D eigenvalue weighted by Gasteiger charge is 2.17. The summed E-state index contributed by atoms with van der Waals surface area (Å²) in [4.78, 5) is 18.4. The Bertz CT molecular complexity index is 1040. The van der Waals surface area contributed by atoms with Gasteiger partial charge >= 0.3 is 0 Å². The molecule has 1 aromatic heterocycles. The number of likely N-dealkylation sites (tertiary alicyclic amines) is 1. The number of benzene rings is 1. The lowest BCUT2D eigenvalue weighted by atomic mass is 9.95. The zero-order valence-electron chi connectivity index (χ0n) is 22.1. The van der Waals surface area contributed by atoms with Crippen LogP contribution in [0.2, 0.25) is 0 Å². The van der Waals surface area contributed by atoms with Crippen molar-refractivity contribution >= 4 is 5.78 Å². The second-order valence-corrected chi connectivity index (χ2v) is 8.85. The van der Waals surface area contributed by atoms with Crippen LogP contribution in [0, 0.1) is 34.6 Å². The lowest BCUT2D eigenvalue weighted by molar-refractivity contribution is 0.101. The van der Waals surface area contributed by atoms with E-state index in [0.717, 1.165) is 37.4 Å². The third-order valence-electron chi connectivity index (χ3n) is 5.75. The van der Waals surface area contributed by atoms with Crippen molar-refractivity contribution in [2.75, 3.05) is 34.4 Å². The van der Waals surface area contributed by atoms with Crippen LogP contribution in [0.1, 0.15) is 62.2 Å². The van der Waals surface area contributed by atoms with Crippen molar-refractivity contribution in [1.82, 2.24) is 9.88 Å². The first-order chi connectivity index (χ1) is 16.7. The van der Waals surface area contributed by atoms with Gasteiger partial charge in [0.1, 0.15) is 11.4 Å². The maximum absolute atomic E-state index is 12.1. The van der Waals surface area contributed by atoms with Crippen molar-refractivity contribution in [1.29, 1.82) is 10.5 Å². The number of hydrogen-bond donors (Lipinski definition) is 0. The summed E-state index contributed by atoms with van der Waals surface area (Å²) in [6.07, 6.45) is 5.20. The quantitative estimate of drug-likeness (QED) is 0.400. The highest BCUT2D eigenvalue weighted by atomic mass is 16.5. The predicted octanol–water partition coefficient (Wildman–Crippen LogP) is 5.49. The molecule has 3 rings (SSSR count). The standard InChI is InChI=1S/C20H22N2O2.C6H10N2.C2H6O/c1-5-13(2)10-16-7-8-18(22-20(16)14(3)23)17-11-15(12-21)6-9-19(17)24-4;1-6-2-3-8(4-6)5-7;1-3-2/h6-9,11,13H,5,10H2,1-4H3;6H,2-4H2,1H3;1-2H3. The topological polar surface area (TPSA) is 99.2 Å². The average Bonchev–Trinajstić information content (AvgIpc) is 3.29. The molecular weight excluding hydrogens is 440 g/mol. The Kier molecular flexibility index (Phi) is 13.1. The molecule has 2 aromatic rings. The second kappa shape index (κ2) is 15.5. The molecule has 1 aliphatic rings. The molecule has 0 bridgehead atoms. The van der Waals surface area contributed by atoms with Crippen LogP contribution >= 0.6 is 0 Å². The van der Waals surface area contributed by atoms with Gasteiger partial charge in [-0.15, -0.1) is 0 Å². The van der Waals surface area contributed by atoms with Gasteiger partial charge in [-0.05, 0) is 54.5 Å². The number of ketones is 1. The summed E-state index contributed by atoms with van der Waals surface area (Å²) < 4.78 is 9.63. The lowest BCUT2D eigenvalue weighted by Crippen LogP contribution is -2.12. The number of ether oxygens (including phenoxy) is 2. The van der Waals surface area contributed by atoms with Gasteiger partial charge in [0.25, 0.3) is 0 Å². The summed E-state index contributed by atoms with van der Waals surface area (Å²) in [7, 11) is 4.83. The van der Waals surface area contributed by atoms with E-state index in [1.165, 1.54) is 13.3 Å². The molecule has 0 radical (unpaired) electrons. The zero-order valence-corrected chi connectivity index (χ0v) is 22.1. The normalized spacial score (nSPS) is 14.9. The van der Waals surface area contributed by atoms with Crippen LogP contribution in [0.15, 0.2) is 30.3 Å². The van der Waals surface area contributed by atoms with E-state index in [2.05, 4.69) is 42.8 Å². The molecule has 188 valence electrons. The maximum Gasteiger partial charge on any atom is 0.179 e. The van der Waals surface area contributed by atoms with E-state index in [0.29, 0.717) is 34.2 Å². The van der Waals surface area contributed by atoms with Crippen molar-refractivity contribution < 1.29 is 14.3 Å². The summed E-state index contributed by atoms with van der Waals surface area (Å²) in [5, 5.41) is 17.5. The van der Waals surface area contributed by atoms with E-state index >= 15 is 0 Å². The number of rotatable bonds is 6. The van der Waals surface area contributed by atoms with Gasteiger partial charge in [-0.25, -0.2) is 4.98 Å². The van der Waals surface area contributed by atoms with Crippen molar-refractivity contribution in [2.24, 2.45) is 11.8 Å². The van der Waals surface area contributed by atoms with Gasteiger partial charge in [0.05, 0.1) is 24.4 Å². The lowest BCUT2D eigenvalue weighted by Gasteiger charge is -2.14. The molecular formula is C28H38N4O3. The summed E-state index contributed by atoms with van der Waals surface area (Å²) in [5.41, 5.74) is 3.35. The molecule has 7 nitrogen and oxygen atoms in total. The summed E-state index contributed by atoms with van der Waals surface area (Å²) >= 11 is 0. The fourth-order valence-electron chi connectivity index (χ4n) is 3.63. The van der Waals surface area contributed by atoms with Gasteiger partial charge in [-0.3, -0.25) is 4.79 Å². The minimum Gasteiger partial charge on any atom is -0.496 e. The first-order valence-electron chi connectivity index (χ1n) is 11.9. The molecule has 1 fully saturated rings. The fourth-order valence-corrected chi connectivity index (χ4v) is 3.63. The van der Waals surface area contributed by atoms with E-state index < -0.39 is 0 Å². The van der Waals surface area contributed by atoms with Crippen LogP contribution < -0.4 is 4.74 Å². The Morgan fingerprint density at radius 2 is 1.91 bits per heavy atom. The minimum atomic E-state index is -0.0504. The van der Waals surface area contributed by atoms with Crippen LogP contribution in [0.4, 0.5) is 0 Å². The number of methoxy groups -OCH3 is 2. The van der Waals surface area contributed by atoms with Gasteiger partial charge in [0, 0.05) is 39.8 Å². The Morgan fingerprint density at radius 3 is 2.37 bits per heavy atom. The Morgan fingerprint density at radius 1 is 1.23 bits per heavy atom. The smallest absolute Gasteiger partial charge is 0.179 e. The minimum absolute atomic E-state index is 0.0504. The summed E-state index contributed by atoms with van der Waals surface area (Å²) in [6, 6.07) is 11.2. The number of carbonyl (C=O) groups excluding carboxylic acids is 1. The Balaban J connectivity index is 0.000000461.